The number of aromatic nitrogens is 1. The summed E-state index contributed by atoms with van der Waals surface area (Å²) < 4.78 is 2.22. The van der Waals surface area contributed by atoms with Gasteiger partial charge in [0.2, 0.25) is 0 Å². The van der Waals surface area contributed by atoms with Crippen molar-refractivity contribution in [2.45, 2.75) is 59.2 Å². The zero-order chi connectivity index (χ0) is 13.4. The molecule has 1 rings (SSSR count). The normalized spacial score (nSPS) is 13.2. The molecule has 0 saturated carbocycles. The summed E-state index contributed by atoms with van der Waals surface area (Å²) in [5.41, 5.74) is 1.29. The molecule has 104 valence electrons. The van der Waals surface area contributed by atoms with Gasteiger partial charge in [-0.3, -0.25) is 0 Å². The van der Waals surface area contributed by atoms with Crippen molar-refractivity contribution in [2.75, 3.05) is 6.54 Å². The minimum Gasteiger partial charge on any atom is -0.392 e. The van der Waals surface area contributed by atoms with Gasteiger partial charge in [-0.2, -0.15) is 0 Å². The SMILES string of the molecule is CCCn1ccc(CNCC(O)C(CC)CC)c1. The quantitative estimate of drug-likeness (QED) is 0.709. The first kappa shape index (κ1) is 15.3. The average Bonchev–Trinajstić information content (AvgIpc) is 2.79. The lowest BCUT2D eigenvalue weighted by Crippen LogP contribution is -2.32. The van der Waals surface area contributed by atoms with Gasteiger partial charge in [0.05, 0.1) is 6.10 Å². The second-order valence-corrected chi connectivity index (χ2v) is 5.03. The summed E-state index contributed by atoms with van der Waals surface area (Å²) >= 11 is 0. The highest BCUT2D eigenvalue weighted by Gasteiger charge is 2.14. The van der Waals surface area contributed by atoms with Gasteiger partial charge < -0.3 is 15.0 Å². The van der Waals surface area contributed by atoms with Crippen LogP contribution in [0.5, 0.6) is 0 Å². The van der Waals surface area contributed by atoms with E-state index in [1.807, 2.05) is 0 Å². The first-order chi connectivity index (χ1) is 8.71. The molecule has 0 saturated heterocycles. The third-order valence-electron chi connectivity index (χ3n) is 3.57. The maximum Gasteiger partial charge on any atom is 0.0692 e. The largest absolute Gasteiger partial charge is 0.392 e. The number of aliphatic hydroxyl groups is 1. The Kier molecular flexibility index (Phi) is 7.06. The molecule has 18 heavy (non-hydrogen) atoms. The molecule has 0 bridgehead atoms. The molecule has 1 aromatic heterocycles. The number of aryl methyl sites for hydroxylation is 1. The van der Waals surface area contributed by atoms with E-state index < -0.39 is 0 Å². The summed E-state index contributed by atoms with van der Waals surface area (Å²) in [4.78, 5) is 0. The summed E-state index contributed by atoms with van der Waals surface area (Å²) in [7, 11) is 0. The number of hydrogen-bond donors (Lipinski definition) is 2. The molecule has 0 aromatic carbocycles. The van der Waals surface area contributed by atoms with E-state index in [0.29, 0.717) is 12.5 Å². The first-order valence-electron chi connectivity index (χ1n) is 7.24. The molecule has 0 aliphatic rings. The van der Waals surface area contributed by atoms with Crippen LogP contribution in [0.15, 0.2) is 18.5 Å². The van der Waals surface area contributed by atoms with Crippen molar-refractivity contribution in [2.24, 2.45) is 5.92 Å². The summed E-state index contributed by atoms with van der Waals surface area (Å²) in [6.07, 6.45) is 7.34. The van der Waals surface area contributed by atoms with Crippen LogP contribution in [0.4, 0.5) is 0 Å². The van der Waals surface area contributed by atoms with Gasteiger partial charge in [-0.1, -0.05) is 33.6 Å². The highest BCUT2D eigenvalue weighted by atomic mass is 16.3. The molecule has 0 spiro atoms. The highest BCUT2D eigenvalue weighted by Crippen LogP contribution is 2.12. The fourth-order valence-corrected chi connectivity index (χ4v) is 2.36. The molecule has 0 radical (unpaired) electrons. The Morgan fingerprint density at radius 2 is 2.00 bits per heavy atom. The van der Waals surface area contributed by atoms with Crippen molar-refractivity contribution in [1.82, 2.24) is 9.88 Å². The standard InChI is InChI=1S/C15H28N2O/c1-4-8-17-9-7-13(12-17)10-16-11-15(18)14(5-2)6-3/h7,9,12,14-16,18H,4-6,8,10-11H2,1-3H3. The Hall–Kier alpha value is -0.800. The third kappa shape index (κ3) is 4.83. The number of rotatable bonds is 9. The topological polar surface area (TPSA) is 37.2 Å². The number of nitrogens with one attached hydrogen (secondary N) is 1. The van der Waals surface area contributed by atoms with Crippen molar-refractivity contribution < 1.29 is 5.11 Å². The lowest BCUT2D eigenvalue weighted by Gasteiger charge is -2.20. The van der Waals surface area contributed by atoms with Gasteiger partial charge in [-0.25, -0.2) is 0 Å². The molecule has 0 aliphatic heterocycles. The van der Waals surface area contributed by atoms with Crippen LogP contribution in [-0.2, 0) is 13.1 Å². The van der Waals surface area contributed by atoms with Gasteiger partial charge in [0.25, 0.3) is 0 Å². The Bertz CT molecular complexity index is 318. The molecule has 0 aliphatic carbocycles. The lowest BCUT2D eigenvalue weighted by atomic mass is 9.96. The summed E-state index contributed by atoms with van der Waals surface area (Å²) in [6.45, 7) is 9.07. The van der Waals surface area contributed by atoms with Crippen LogP contribution >= 0.6 is 0 Å². The van der Waals surface area contributed by atoms with Crippen LogP contribution < -0.4 is 5.32 Å². The van der Waals surface area contributed by atoms with Crippen LogP contribution in [0, 0.1) is 5.92 Å². The van der Waals surface area contributed by atoms with Gasteiger partial charge >= 0.3 is 0 Å². The van der Waals surface area contributed by atoms with E-state index in [9.17, 15) is 5.11 Å². The van der Waals surface area contributed by atoms with Crippen molar-refractivity contribution in [1.29, 1.82) is 0 Å². The molecular formula is C15H28N2O. The number of aliphatic hydroxyl groups excluding tert-OH is 1. The first-order valence-corrected chi connectivity index (χ1v) is 7.24. The molecule has 1 aromatic rings. The predicted octanol–water partition coefficient (Wildman–Crippen LogP) is 2.78. The molecular weight excluding hydrogens is 224 g/mol. The maximum absolute atomic E-state index is 10.0. The Labute approximate surface area is 111 Å². The van der Waals surface area contributed by atoms with Crippen molar-refractivity contribution in [3.05, 3.63) is 24.0 Å². The monoisotopic (exact) mass is 252 g/mol. The number of hydrogen-bond acceptors (Lipinski definition) is 2. The van der Waals surface area contributed by atoms with E-state index in [1.54, 1.807) is 0 Å². The van der Waals surface area contributed by atoms with Crippen LogP contribution in [0.2, 0.25) is 0 Å². The smallest absolute Gasteiger partial charge is 0.0692 e. The van der Waals surface area contributed by atoms with E-state index >= 15 is 0 Å². The zero-order valence-electron chi connectivity index (χ0n) is 12.0. The molecule has 3 heteroatoms. The Balaban J connectivity index is 2.27. The maximum atomic E-state index is 10.0. The Morgan fingerprint density at radius 3 is 2.61 bits per heavy atom. The van der Waals surface area contributed by atoms with Crippen molar-refractivity contribution in [3.8, 4) is 0 Å². The van der Waals surface area contributed by atoms with E-state index in [2.05, 4.69) is 49.1 Å². The van der Waals surface area contributed by atoms with Gasteiger partial charge in [0.15, 0.2) is 0 Å². The predicted molar refractivity (Wildman–Crippen MR) is 76.5 cm³/mol. The molecule has 1 heterocycles. The fraction of sp³-hybridized carbons (Fsp3) is 0.733. The third-order valence-corrected chi connectivity index (χ3v) is 3.57. The minimum absolute atomic E-state index is 0.224. The van der Waals surface area contributed by atoms with E-state index in [0.717, 1.165) is 32.4 Å². The second-order valence-electron chi connectivity index (χ2n) is 5.03. The molecule has 0 fully saturated rings. The van der Waals surface area contributed by atoms with E-state index in [-0.39, 0.29) is 6.10 Å². The van der Waals surface area contributed by atoms with E-state index in [4.69, 9.17) is 0 Å². The van der Waals surface area contributed by atoms with Crippen LogP contribution in [0.1, 0.15) is 45.6 Å². The Morgan fingerprint density at radius 1 is 1.28 bits per heavy atom. The minimum atomic E-state index is -0.224. The molecule has 2 N–H and O–H groups in total. The average molecular weight is 252 g/mol. The summed E-state index contributed by atoms with van der Waals surface area (Å²) in [5, 5.41) is 13.4. The summed E-state index contributed by atoms with van der Waals surface area (Å²) in [5.74, 6) is 0.419. The molecule has 1 unspecified atom stereocenters. The highest BCUT2D eigenvalue weighted by molar-refractivity contribution is 5.09. The zero-order valence-corrected chi connectivity index (χ0v) is 12.0. The summed E-state index contributed by atoms with van der Waals surface area (Å²) in [6, 6.07) is 2.15. The van der Waals surface area contributed by atoms with Crippen LogP contribution in [0.25, 0.3) is 0 Å². The van der Waals surface area contributed by atoms with Gasteiger partial charge in [-0.05, 0) is 24.0 Å². The number of nitrogens with zero attached hydrogens (tertiary/aromatic N) is 1. The van der Waals surface area contributed by atoms with Crippen molar-refractivity contribution >= 4 is 0 Å². The second kappa shape index (κ2) is 8.33. The van der Waals surface area contributed by atoms with Gasteiger partial charge in [0.1, 0.15) is 0 Å². The fourth-order valence-electron chi connectivity index (χ4n) is 2.36. The van der Waals surface area contributed by atoms with Crippen LogP contribution in [-0.4, -0.2) is 22.3 Å². The lowest BCUT2D eigenvalue weighted by molar-refractivity contribution is 0.101. The van der Waals surface area contributed by atoms with E-state index in [1.165, 1.54) is 5.56 Å². The van der Waals surface area contributed by atoms with Gasteiger partial charge in [-0.15, -0.1) is 0 Å². The molecule has 3 nitrogen and oxygen atoms in total. The van der Waals surface area contributed by atoms with Crippen LogP contribution in [0.3, 0.4) is 0 Å². The molecule has 0 amide bonds. The van der Waals surface area contributed by atoms with Crippen molar-refractivity contribution in [3.63, 3.8) is 0 Å². The van der Waals surface area contributed by atoms with Gasteiger partial charge in [0, 0.05) is 32.0 Å². The molecule has 1 atom stereocenters.